The van der Waals surface area contributed by atoms with Crippen LogP contribution >= 0.6 is 0 Å². The van der Waals surface area contributed by atoms with Gasteiger partial charge in [0, 0.05) is 25.2 Å². The first-order chi connectivity index (χ1) is 10.2. The number of nitrogens with one attached hydrogen (secondary N) is 2. The highest BCUT2D eigenvalue weighted by atomic mass is 16.1. The van der Waals surface area contributed by atoms with Crippen molar-refractivity contribution < 1.29 is 0 Å². The Morgan fingerprint density at radius 1 is 1.48 bits per heavy atom. The Labute approximate surface area is 123 Å². The topological polar surface area (TPSA) is 78.3 Å². The van der Waals surface area contributed by atoms with E-state index in [9.17, 15) is 4.79 Å². The van der Waals surface area contributed by atoms with E-state index in [1.54, 1.807) is 6.33 Å². The number of piperidine rings is 1. The Hall–Kier alpha value is -1.89. The average Bonchev–Trinajstić information content (AvgIpc) is 2.88. The van der Waals surface area contributed by atoms with Gasteiger partial charge in [-0.3, -0.25) is 0 Å². The van der Waals surface area contributed by atoms with Gasteiger partial charge < -0.3 is 10.2 Å². The Morgan fingerprint density at radius 2 is 2.24 bits per heavy atom. The summed E-state index contributed by atoms with van der Waals surface area (Å²) < 4.78 is 1.42. The zero-order valence-corrected chi connectivity index (χ0v) is 12.5. The minimum atomic E-state index is -0.248. The molecule has 1 saturated heterocycles. The Morgan fingerprint density at radius 3 is 2.95 bits per heavy atom. The molecule has 7 nitrogen and oxygen atoms in total. The van der Waals surface area contributed by atoms with Gasteiger partial charge in [0.1, 0.15) is 12.1 Å². The van der Waals surface area contributed by atoms with Crippen molar-refractivity contribution in [3.63, 3.8) is 0 Å². The zero-order valence-electron chi connectivity index (χ0n) is 12.5. The summed E-state index contributed by atoms with van der Waals surface area (Å²) in [6.07, 6.45) is 3.87. The summed E-state index contributed by atoms with van der Waals surface area (Å²) in [5, 5.41) is 9.93. The third-order valence-electron chi connectivity index (χ3n) is 4.39. The number of anilines is 1. The molecule has 0 radical (unpaired) electrons. The minimum absolute atomic E-state index is 0.248. The van der Waals surface area contributed by atoms with Crippen molar-refractivity contribution >= 4 is 11.5 Å². The number of nitrogens with zero attached hydrogens (tertiary/aromatic N) is 4. The van der Waals surface area contributed by atoms with Crippen molar-refractivity contribution in [1.29, 1.82) is 0 Å². The second kappa shape index (κ2) is 5.85. The van der Waals surface area contributed by atoms with E-state index in [0.717, 1.165) is 44.2 Å². The summed E-state index contributed by atoms with van der Waals surface area (Å²) in [7, 11) is 0. The molecule has 1 aliphatic heterocycles. The highest BCUT2D eigenvalue weighted by Gasteiger charge is 2.24. The first-order valence-corrected chi connectivity index (χ1v) is 7.60. The van der Waals surface area contributed by atoms with Crippen molar-refractivity contribution in [2.24, 2.45) is 5.92 Å². The van der Waals surface area contributed by atoms with Crippen molar-refractivity contribution in [1.82, 2.24) is 24.9 Å². The number of aromatic amines is 1. The van der Waals surface area contributed by atoms with Crippen LogP contribution in [0, 0.1) is 5.92 Å². The maximum atomic E-state index is 11.4. The molecule has 7 heteroatoms. The van der Waals surface area contributed by atoms with E-state index in [0.29, 0.717) is 11.7 Å². The van der Waals surface area contributed by atoms with Gasteiger partial charge in [0.2, 0.25) is 0 Å². The lowest BCUT2D eigenvalue weighted by atomic mass is 9.90. The summed E-state index contributed by atoms with van der Waals surface area (Å²) in [6.45, 7) is 7.44. The van der Waals surface area contributed by atoms with Crippen LogP contribution in [-0.2, 0) is 0 Å². The van der Waals surface area contributed by atoms with E-state index >= 15 is 0 Å². The van der Waals surface area contributed by atoms with E-state index in [2.05, 4.69) is 39.2 Å². The molecular weight excluding hydrogens is 268 g/mol. The number of H-pyrrole nitrogens is 1. The van der Waals surface area contributed by atoms with Crippen LogP contribution in [0.25, 0.3) is 5.65 Å². The van der Waals surface area contributed by atoms with Crippen LogP contribution in [0.3, 0.4) is 0 Å². The summed E-state index contributed by atoms with van der Waals surface area (Å²) in [4.78, 5) is 18.1. The fraction of sp³-hybridized carbons (Fsp3) is 0.643. The molecule has 3 heterocycles. The lowest BCUT2D eigenvalue weighted by Gasteiger charge is -2.35. The number of fused-ring (bicyclic) bond motifs is 1. The van der Waals surface area contributed by atoms with Gasteiger partial charge in [-0.25, -0.2) is 19.3 Å². The van der Waals surface area contributed by atoms with Gasteiger partial charge in [0.25, 0.3) is 0 Å². The standard InChI is InChI=1S/C14H22N6O/c1-3-15-10(2)11-4-6-19(7-5-11)12-8-13-17-18-14(21)20(13)9-16-12/h8-11,15H,3-7H2,1-2H3,(H,18,21). The third kappa shape index (κ3) is 2.78. The Kier molecular flexibility index (Phi) is 3.92. The molecule has 1 fully saturated rings. The molecule has 2 aromatic rings. The lowest BCUT2D eigenvalue weighted by molar-refractivity contribution is 0.314. The molecule has 0 spiro atoms. The molecule has 21 heavy (non-hydrogen) atoms. The smallest absolute Gasteiger partial charge is 0.348 e. The van der Waals surface area contributed by atoms with Gasteiger partial charge >= 0.3 is 5.69 Å². The van der Waals surface area contributed by atoms with Crippen LogP contribution in [0.4, 0.5) is 5.82 Å². The second-order valence-electron chi connectivity index (χ2n) is 5.67. The molecular formula is C14H22N6O. The summed E-state index contributed by atoms with van der Waals surface area (Å²) in [5.74, 6) is 1.62. The van der Waals surface area contributed by atoms with E-state index in [4.69, 9.17) is 0 Å². The van der Waals surface area contributed by atoms with E-state index in [1.165, 1.54) is 4.40 Å². The molecule has 2 aromatic heterocycles. The summed E-state index contributed by atoms with van der Waals surface area (Å²) in [6, 6.07) is 2.43. The largest absolute Gasteiger partial charge is 0.356 e. The normalized spacial score (nSPS) is 18.3. The van der Waals surface area contributed by atoms with Crippen molar-refractivity contribution in [3.05, 3.63) is 22.9 Å². The molecule has 1 unspecified atom stereocenters. The van der Waals surface area contributed by atoms with Crippen molar-refractivity contribution in [3.8, 4) is 0 Å². The second-order valence-corrected chi connectivity index (χ2v) is 5.67. The summed E-state index contributed by atoms with van der Waals surface area (Å²) >= 11 is 0. The molecule has 114 valence electrons. The van der Waals surface area contributed by atoms with E-state index in [1.807, 2.05) is 6.07 Å². The highest BCUT2D eigenvalue weighted by Crippen LogP contribution is 2.24. The monoisotopic (exact) mass is 290 g/mol. The molecule has 0 saturated carbocycles. The molecule has 0 aromatic carbocycles. The molecule has 2 N–H and O–H groups in total. The molecule has 0 bridgehead atoms. The first-order valence-electron chi connectivity index (χ1n) is 7.60. The maximum absolute atomic E-state index is 11.4. The van der Waals surface area contributed by atoms with Gasteiger partial charge in [-0.1, -0.05) is 6.92 Å². The number of hydrogen-bond donors (Lipinski definition) is 2. The fourth-order valence-electron chi connectivity index (χ4n) is 3.09. The molecule has 0 amide bonds. The van der Waals surface area contributed by atoms with Crippen molar-refractivity contribution in [2.75, 3.05) is 24.5 Å². The fourth-order valence-corrected chi connectivity index (χ4v) is 3.09. The van der Waals surface area contributed by atoms with Crippen LogP contribution in [0.2, 0.25) is 0 Å². The first kappa shape index (κ1) is 14.1. The van der Waals surface area contributed by atoms with Crippen LogP contribution < -0.4 is 15.9 Å². The summed E-state index contributed by atoms with van der Waals surface area (Å²) in [5.41, 5.74) is 0.371. The lowest BCUT2D eigenvalue weighted by Crippen LogP contribution is -2.42. The maximum Gasteiger partial charge on any atom is 0.348 e. The van der Waals surface area contributed by atoms with Crippen LogP contribution in [0.15, 0.2) is 17.2 Å². The van der Waals surface area contributed by atoms with Crippen LogP contribution in [0.5, 0.6) is 0 Å². The van der Waals surface area contributed by atoms with Crippen LogP contribution in [-0.4, -0.2) is 45.3 Å². The van der Waals surface area contributed by atoms with Gasteiger partial charge in [-0.05, 0) is 32.2 Å². The molecule has 1 atom stereocenters. The van der Waals surface area contributed by atoms with Crippen LogP contribution in [0.1, 0.15) is 26.7 Å². The SMILES string of the molecule is CCNC(C)C1CCN(c2cc3n[nH]c(=O)n3cn2)CC1. The molecule has 0 aliphatic carbocycles. The highest BCUT2D eigenvalue weighted by molar-refractivity contribution is 5.50. The molecule has 1 aliphatic rings. The zero-order chi connectivity index (χ0) is 14.8. The quantitative estimate of drug-likeness (QED) is 0.863. The Bertz CT molecular complexity index is 655. The molecule has 3 rings (SSSR count). The van der Waals surface area contributed by atoms with E-state index in [-0.39, 0.29) is 5.69 Å². The van der Waals surface area contributed by atoms with E-state index < -0.39 is 0 Å². The van der Waals surface area contributed by atoms with Crippen molar-refractivity contribution in [2.45, 2.75) is 32.7 Å². The van der Waals surface area contributed by atoms with Gasteiger partial charge in [-0.15, -0.1) is 0 Å². The average molecular weight is 290 g/mol. The Balaban J connectivity index is 1.69. The minimum Gasteiger partial charge on any atom is -0.356 e. The predicted molar refractivity (Wildman–Crippen MR) is 81.7 cm³/mol. The predicted octanol–water partition coefficient (Wildman–Crippen LogP) is 0.632. The number of aromatic nitrogens is 4. The van der Waals surface area contributed by atoms with Gasteiger partial charge in [0.05, 0.1) is 0 Å². The number of rotatable bonds is 4. The van der Waals surface area contributed by atoms with Gasteiger partial charge in [-0.2, -0.15) is 5.10 Å². The van der Waals surface area contributed by atoms with Gasteiger partial charge in [0.15, 0.2) is 5.65 Å². The number of hydrogen-bond acceptors (Lipinski definition) is 5. The third-order valence-corrected chi connectivity index (χ3v) is 4.39.